The lowest BCUT2D eigenvalue weighted by Gasteiger charge is -2.20. The number of carboxylic acids is 1. The van der Waals surface area contributed by atoms with Crippen LogP contribution in [0.15, 0.2) is 42.5 Å². The van der Waals surface area contributed by atoms with Crippen LogP contribution in [0.25, 0.3) is 0 Å². The Morgan fingerprint density at radius 1 is 1.14 bits per heavy atom. The largest absolute Gasteiger partial charge is 0.478 e. The van der Waals surface area contributed by atoms with Crippen LogP contribution in [0.4, 0.5) is 11.4 Å². The zero-order chi connectivity index (χ0) is 20.8. The first-order valence-electron chi connectivity index (χ1n) is 9.21. The topological polar surface area (TPSA) is 93.5 Å². The van der Waals surface area contributed by atoms with Crippen molar-refractivity contribution in [3.63, 3.8) is 0 Å². The quantitative estimate of drug-likeness (QED) is 0.602. The van der Waals surface area contributed by atoms with E-state index in [-0.39, 0.29) is 17.4 Å². The highest BCUT2D eigenvalue weighted by molar-refractivity contribution is 6.05. The van der Waals surface area contributed by atoms with Gasteiger partial charge in [0.15, 0.2) is 0 Å². The molecule has 0 atom stereocenters. The van der Waals surface area contributed by atoms with Crippen LogP contribution >= 0.6 is 0 Å². The summed E-state index contributed by atoms with van der Waals surface area (Å²) in [5.41, 5.74) is 3.87. The Morgan fingerprint density at radius 2 is 1.86 bits per heavy atom. The average molecular weight is 381 g/mol. The van der Waals surface area contributed by atoms with Gasteiger partial charge < -0.3 is 20.7 Å². The van der Waals surface area contributed by atoms with Gasteiger partial charge in [-0.05, 0) is 48.7 Å². The molecule has 6 heteroatoms. The number of nitrogens with zero attached hydrogens (tertiary/aromatic N) is 1. The molecule has 0 aliphatic rings. The summed E-state index contributed by atoms with van der Waals surface area (Å²) in [6.45, 7) is 3.66. The molecule has 0 bridgehead atoms. The summed E-state index contributed by atoms with van der Waals surface area (Å²) in [6.07, 6.45) is 1.03. The number of aryl methyl sites for hydroxylation is 1. The van der Waals surface area contributed by atoms with E-state index in [1.54, 1.807) is 18.2 Å². The molecule has 2 rings (SSSR count). The number of rotatable bonds is 8. The maximum absolute atomic E-state index is 12.0. The number of carbonyl (C=O) groups excluding carboxylic acids is 1. The van der Waals surface area contributed by atoms with Gasteiger partial charge in [0, 0.05) is 42.7 Å². The highest BCUT2D eigenvalue weighted by atomic mass is 16.4. The molecule has 0 heterocycles. The maximum atomic E-state index is 12.0. The second-order valence-corrected chi connectivity index (χ2v) is 7.25. The number of benzene rings is 2. The van der Waals surface area contributed by atoms with E-state index in [2.05, 4.69) is 5.32 Å². The number of nitrogens with one attached hydrogen (secondary N) is 2. The number of amides is 1. The Balaban J connectivity index is 2.21. The Bertz CT molecular complexity index is 888. The van der Waals surface area contributed by atoms with Crippen LogP contribution in [0.2, 0.25) is 0 Å². The molecule has 0 saturated heterocycles. The van der Waals surface area contributed by atoms with Gasteiger partial charge in [0.2, 0.25) is 5.91 Å². The van der Waals surface area contributed by atoms with Gasteiger partial charge >= 0.3 is 5.97 Å². The zero-order valence-electron chi connectivity index (χ0n) is 16.7. The van der Waals surface area contributed by atoms with Crippen LogP contribution in [0, 0.1) is 11.3 Å². The van der Waals surface area contributed by atoms with Crippen molar-refractivity contribution in [3.8, 4) is 0 Å². The van der Waals surface area contributed by atoms with Crippen molar-refractivity contribution in [2.45, 2.75) is 26.7 Å². The third kappa shape index (κ3) is 5.42. The highest BCUT2D eigenvalue weighted by Crippen LogP contribution is 2.25. The van der Waals surface area contributed by atoms with E-state index >= 15 is 0 Å². The molecule has 2 aromatic rings. The van der Waals surface area contributed by atoms with Crippen LogP contribution in [-0.4, -0.2) is 36.8 Å². The van der Waals surface area contributed by atoms with Crippen molar-refractivity contribution in [2.24, 2.45) is 5.92 Å². The third-order valence-corrected chi connectivity index (χ3v) is 4.43. The highest BCUT2D eigenvalue weighted by Gasteiger charge is 2.14. The minimum atomic E-state index is -0.958. The summed E-state index contributed by atoms with van der Waals surface area (Å²) in [4.78, 5) is 25.0. The number of carboxylic acid groups (broad SMARTS) is 1. The van der Waals surface area contributed by atoms with Crippen molar-refractivity contribution >= 4 is 29.0 Å². The molecular weight excluding hydrogens is 354 g/mol. The van der Waals surface area contributed by atoms with Crippen molar-refractivity contribution in [3.05, 3.63) is 59.2 Å². The molecule has 0 saturated carbocycles. The smallest absolute Gasteiger partial charge is 0.335 e. The van der Waals surface area contributed by atoms with Crippen LogP contribution < -0.4 is 10.2 Å². The lowest BCUT2D eigenvalue weighted by atomic mass is 9.98. The first-order valence-corrected chi connectivity index (χ1v) is 9.21. The molecule has 0 spiro atoms. The molecule has 148 valence electrons. The fourth-order valence-electron chi connectivity index (χ4n) is 2.80. The number of hydrogen-bond acceptors (Lipinski definition) is 4. The Hall–Kier alpha value is -3.15. The predicted molar refractivity (Wildman–Crippen MR) is 113 cm³/mol. The summed E-state index contributed by atoms with van der Waals surface area (Å²) in [7, 11) is 3.82. The number of hydrogen-bond donors (Lipinski definition) is 3. The molecule has 0 aromatic heterocycles. The van der Waals surface area contributed by atoms with Gasteiger partial charge in [0.05, 0.1) is 5.56 Å². The fourth-order valence-corrected chi connectivity index (χ4v) is 2.80. The fraction of sp³-hybridized carbons (Fsp3) is 0.318. The molecule has 0 aliphatic carbocycles. The summed E-state index contributed by atoms with van der Waals surface area (Å²) < 4.78 is 0. The van der Waals surface area contributed by atoms with Gasteiger partial charge in [-0.3, -0.25) is 4.79 Å². The SMILES string of the molecule is CC(C)C(=O)Nc1ccc(N(C)C)c(C(=N)CCc2cccc(C(=O)O)c2)c1. The second kappa shape index (κ2) is 9.17. The standard InChI is InChI=1S/C22H27N3O3/c1-14(2)21(26)24-17-9-11-20(25(3)4)18(13-17)19(23)10-8-15-6-5-7-16(12-15)22(27)28/h5-7,9,11-14,23H,8,10H2,1-4H3,(H,24,26)(H,27,28). The summed E-state index contributed by atoms with van der Waals surface area (Å²) in [5, 5.41) is 20.6. The molecule has 3 N–H and O–H groups in total. The number of aromatic carboxylic acids is 1. The second-order valence-electron chi connectivity index (χ2n) is 7.25. The molecule has 1 amide bonds. The van der Waals surface area contributed by atoms with Gasteiger partial charge in [0.25, 0.3) is 0 Å². The minimum Gasteiger partial charge on any atom is -0.478 e. The number of anilines is 2. The van der Waals surface area contributed by atoms with Crippen molar-refractivity contribution in [2.75, 3.05) is 24.3 Å². The molecular formula is C22H27N3O3. The Labute approximate surface area is 165 Å². The predicted octanol–water partition coefficient (Wildman–Crippen LogP) is 4.05. The van der Waals surface area contributed by atoms with E-state index in [0.717, 1.165) is 16.8 Å². The van der Waals surface area contributed by atoms with Gasteiger partial charge in [-0.1, -0.05) is 26.0 Å². The van der Waals surface area contributed by atoms with Gasteiger partial charge in [-0.15, -0.1) is 0 Å². The summed E-state index contributed by atoms with van der Waals surface area (Å²) >= 11 is 0. The van der Waals surface area contributed by atoms with Crippen LogP contribution in [0.5, 0.6) is 0 Å². The first kappa shape index (κ1) is 21.2. The van der Waals surface area contributed by atoms with Crippen LogP contribution in [0.1, 0.15) is 41.8 Å². The molecule has 28 heavy (non-hydrogen) atoms. The first-order chi connectivity index (χ1) is 13.2. The van der Waals surface area contributed by atoms with Crippen molar-refractivity contribution < 1.29 is 14.7 Å². The van der Waals surface area contributed by atoms with Crippen molar-refractivity contribution in [1.82, 2.24) is 0 Å². The van der Waals surface area contributed by atoms with E-state index in [1.807, 2.05) is 57.1 Å². The monoisotopic (exact) mass is 381 g/mol. The minimum absolute atomic E-state index is 0.0689. The molecule has 6 nitrogen and oxygen atoms in total. The Morgan fingerprint density at radius 3 is 2.46 bits per heavy atom. The molecule has 0 radical (unpaired) electrons. The van der Waals surface area contributed by atoms with Gasteiger partial charge in [-0.2, -0.15) is 0 Å². The molecule has 0 unspecified atom stereocenters. The molecule has 0 aliphatic heterocycles. The maximum Gasteiger partial charge on any atom is 0.335 e. The van der Waals surface area contributed by atoms with Gasteiger partial charge in [0.1, 0.15) is 0 Å². The summed E-state index contributed by atoms with van der Waals surface area (Å²) in [6, 6.07) is 12.3. The molecule has 0 fully saturated rings. The average Bonchev–Trinajstić information content (AvgIpc) is 2.65. The van der Waals surface area contributed by atoms with E-state index in [4.69, 9.17) is 10.5 Å². The van der Waals surface area contributed by atoms with E-state index in [0.29, 0.717) is 24.2 Å². The van der Waals surface area contributed by atoms with Crippen molar-refractivity contribution in [1.29, 1.82) is 5.41 Å². The molecule has 2 aromatic carbocycles. The van der Waals surface area contributed by atoms with Crippen LogP contribution in [-0.2, 0) is 11.2 Å². The number of carbonyl (C=O) groups is 2. The van der Waals surface area contributed by atoms with E-state index in [9.17, 15) is 9.59 Å². The Kier molecular flexibility index (Phi) is 6.93. The zero-order valence-corrected chi connectivity index (χ0v) is 16.7. The lowest BCUT2D eigenvalue weighted by molar-refractivity contribution is -0.118. The normalized spacial score (nSPS) is 10.6. The van der Waals surface area contributed by atoms with E-state index < -0.39 is 5.97 Å². The lowest BCUT2D eigenvalue weighted by Crippen LogP contribution is -2.19. The summed E-state index contributed by atoms with van der Waals surface area (Å²) in [5.74, 6) is -1.15. The third-order valence-electron chi connectivity index (χ3n) is 4.43. The van der Waals surface area contributed by atoms with Gasteiger partial charge in [-0.25, -0.2) is 4.79 Å². The van der Waals surface area contributed by atoms with Crippen LogP contribution in [0.3, 0.4) is 0 Å². The van der Waals surface area contributed by atoms with E-state index in [1.165, 1.54) is 0 Å².